The number of allylic oxidation sites excluding steroid dienone is 1. The summed E-state index contributed by atoms with van der Waals surface area (Å²) in [7, 11) is 0. The minimum absolute atomic E-state index is 0.106. The van der Waals surface area contributed by atoms with E-state index in [0.29, 0.717) is 19.1 Å². The molecule has 0 amide bonds. The van der Waals surface area contributed by atoms with Gasteiger partial charge in [0.25, 0.3) is 6.08 Å². The lowest BCUT2D eigenvalue weighted by Crippen LogP contribution is -2.41. The average Bonchev–Trinajstić information content (AvgIpc) is 2.75. The van der Waals surface area contributed by atoms with Gasteiger partial charge in [-0.2, -0.15) is 8.78 Å². The molecule has 1 heterocycles. The second-order valence-electron chi connectivity index (χ2n) is 10.2. The molecule has 5 heteroatoms. The topological polar surface area (TPSA) is 38.7 Å². The summed E-state index contributed by atoms with van der Waals surface area (Å²) in [5.74, 6) is 3.95. The van der Waals surface area contributed by atoms with Crippen molar-refractivity contribution in [2.24, 2.45) is 35.5 Å². The van der Waals surface area contributed by atoms with Gasteiger partial charge in [0.05, 0.1) is 13.2 Å². The average molecular weight is 413 g/mol. The Morgan fingerprint density at radius 1 is 0.621 bits per heavy atom. The summed E-state index contributed by atoms with van der Waals surface area (Å²) in [6, 6.07) is 0. The summed E-state index contributed by atoms with van der Waals surface area (Å²) in [4.78, 5) is 0. The number of hydrogen-bond acceptors (Lipinski definition) is 3. The van der Waals surface area contributed by atoms with Crippen LogP contribution in [0.15, 0.2) is 12.2 Å². The third-order valence-corrected chi connectivity index (χ3v) is 8.44. The lowest BCUT2D eigenvalue weighted by atomic mass is 9.65. The van der Waals surface area contributed by atoms with Gasteiger partial charge in [0.2, 0.25) is 0 Å². The molecule has 0 aromatic heterocycles. The number of aliphatic hydroxyl groups excluding tert-OH is 1. The van der Waals surface area contributed by atoms with Gasteiger partial charge in [-0.15, -0.1) is 0 Å². The zero-order chi connectivity index (χ0) is 20.2. The summed E-state index contributed by atoms with van der Waals surface area (Å²) >= 11 is 0. The van der Waals surface area contributed by atoms with E-state index in [1.807, 2.05) is 0 Å². The zero-order valence-electron chi connectivity index (χ0n) is 17.6. The first-order chi connectivity index (χ1) is 14.1. The molecule has 4 aliphatic rings. The highest BCUT2D eigenvalue weighted by Crippen LogP contribution is 2.46. The van der Waals surface area contributed by atoms with E-state index in [4.69, 9.17) is 9.47 Å². The molecule has 0 atom stereocenters. The Morgan fingerprint density at radius 3 is 1.41 bits per heavy atom. The Labute approximate surface area is 174 Å². The Kier molecular flexibility index (Phi) is 7.63. The van der Waals surface area contributed by atoms with Crippen LogP contribution in [0, 0.1) is 35.5 Å². The normalized spacial score (nSPS) is 44.2. The predicted octanol–water partition coefficient (Wildman–Crippen LogP) is 5.92. The molecular formula is C24H38F2O3. The van der Waals surface area contributed by atoms with Crippen molar-refractivity contribution in [3.05, 3.63) is 12.2 Å². The van der Waals surface area contributed by atoms with Gasteiger partial charge in [-0.1, -0.05) is 0 Å². The van der Waals surface area contributed by atoms with Crippen molar-refractivity contribution < 1.29 is 23.4 Å². The zero-order valence-corrected chi connectivity index (χ0v) is 17.6. The quantitative estimate of drug-likeness (QED) is 0.623. The molecule has 3 nitrogen and oxygen atoms in total. The van der Waals surface area contributed by atoms with E-state index in [9.17, 15) is 13.9 Å². The maximum absolute atomic E-state index is 12.5. The van der Waals surface area contributed by atoms with E-state index < -0.39 is 12.2 Å². The summed E-state index contributed by atoms with van der Waals surface area (Å²) in [6.45, 7) is 0.824. The highest BCUT2D eigenvalue weighted by atomic mass is 19.3. The first-order valence-electron chi connectivity index (χ1n) is 12.0. The fourth-order valence-corrected chi connectivity index (χ4v) is 6.72. The van der Waals surface area contributed by atoms with Gasteiger partial charge in [-0.05, 0) is 113 Å². The standard InChI is InChI=1S/C24H38F2O3/c25-23(26)13-16-1-3-17(4-2-16)18-5-7-19(8-6-18)20-9-11-21(12-10-20)24-28-14-22(27)15-29-24/h13,16-22,24,27H,1-12,14-15H2. The second-order valence-corrected chi connectivity index (χ2v) is 10.2. The van der Waals surface area contributed by atoms with Crippen LogP contribution in [0.5, 0.6) is 0 Å². The third kappa shape index (κ3) is 5.80. The molecule has 0 bridgehead atoms. The molecule has 4 fully saturated rings. The van der Waals surface area contributed by atoms with E-state index in [-0.39, 0.29) is 12.2 Å². The number of ether oxygens (including phenoxy) is 2. The minimum Gasteiger partial charge on any atom is -0.388 e. The summed E-state index contributed by atoms with van der Waals surface area (Å²) in [6.07, 6.45) is 13.7. The van der Waals surface area contributed by atoms with Crippen molar-refractivity contribution in [2.45, 2.75) is 89.4 Å². The smallest absolute Gasteiger partial charge is 0.266 e. The summed E-state index contributed by atoms with van der Waals surface area (Å²) in [5, 5.41) is 9.52. The maximum atomic E-state index is 12.5. The molecule has 1 saturated heterocycles. The highest BCUT2D eigenvalue weighted by molar-refractivity contribution is 4.93. The molecule has 29 heavy (non-hydrogen) atoms. The van der Waals surface area contributed by atoms with Crippen LogP contribution in [0.4, 0.5) is 8.78 Å². The van der Waals surface area contributed by atoms with Crippen molar-refractivity contribution in [3.8, 4) is 0 Å². The van der Waals surface area contributed by atoms with Gasteiger partial charge < -0.3 is 14.6 Å². The molecule has 0 unspecified atom stereocenters. The monoisotopic (exact) mass is 412 g/mol. The molecule has 3 aliphatic carbocycles. The molecule has 0 aromatic rings. The maximum Gasteiger partial charge on any atom is 0.266 e. The first kappa shape index (κ1) is 21.7. The molecule has 0 radical (unpaired) electrons. The Balaban J connectivity index is 1.16. The first-order valence-corrected chi connectivity index (χ1v) is 12.0. The fourth-order valence-electron chi connectivity index (χ4n) is 6.72. The minimum atomic E-state index is -1.50. The van der Waals surface area contributed by atoms with Crippen molar-refractivity contribution in [3.63, 3.8) is 0 Å². The Hall–Kier alpha value is -0.520. The van der Waals surface area contributed by atoms with Gasteiger partial charge in [-0.3, -0.25) is 0 Å². The number of aliphatic hydroxyl groups is 1. The highest BCUT2D eigenvalue weighted by Gasteiger charge is 2.37. The number of halogens is 2. The van der Waals surface area contributed by atoms with Crippen molar-refractivity contribution in [2.75, 3.05) is 13.2 Å². The molecule has 1 aliphatic heterocycles. The summed E-state index contributed by atoms with van der Waals surface area (Å²) < 4.78 is 36.4. The van der Waals surface area contributed by atoms with Gasteiger partial charge >= 0.3 is 0 Å². The molecule has 3 saturated carbocycles. The van der Waals surface area contributed by atoms with Crippen LogP contribution < -0.4 is 0 Å². The summed E-state index contributed by atoms with van der Waals surface area (Å²) in [5.41, 5.74) is 0. The van der Waals surface area contributed by atoms with Crippen LogP contribution in [-0.2, 0) is 9.47 Å². The Morgan fingerprint density at radius 2 is 1.00 bits per heavy atom. The van der Waals surface area contributed by atoms with E-state index in [1.165, 1.54) is 57.4 Å². The van der Waals surface area contributed by atoms with Crippen LogP contribution in [0.1, 0.15) is 77.0 Å². The number of hydrogen-bond donors (Lipinski definition) is 1. The van der Waals surface area contributed by atoms with Gasteiger partial charge in [-0.25, -0.2) is 0 Å². The SMILES string of the molecule is OC1COC(C2CCC(C3CCC(C4CCC(C=C(F)F)CC4)CC3)CC2)OC1. The van der Waals surface area contributed by atoms with Crippen LogP contribution in [0.2, 0.25) is 0 Å². The second kappa shape index (κ2) is 10.2. The molecule has 4 rings (SSSR count). The van der Waals surface area contributed by atoms with E-state index in [0.717, 1.165) is 49.4 Å². The molecule has 0 aromatic carbocycles. The van der Waals surface area contributed by atoms with E-state index >= 15 is 0 Å². The molecule has 0 spiro atoms. The third-order valence-electron chi connectivity index (χ3n) is 8.44. The van der Waals surface area contributed by atoms with Crippen LogP contribution in [0.3, 0.4) is 0 Å². The predicted molar refractivity (Wildman–Crippen MR) is 108 cm³/mol. The lowest BCUT2D eigenvalue weighted by Gasteiger charge is -2.42. The molecular weight excluding hydrogens is 374 g/mol. The van der Waals surface area contributed by atoms with Gasteiger partial charge in [0.1, 0.15) is 6.10 Å². The largest absolute Gasteiger partial charge is 0.388 e. The van der Waals surface area contributed by atoms with Crippen LogP contribution in [0.25, 0.3) is 0 Å². The van der Waals surface area contributed by atoms with Crippen molar-refractivity contribution in [1.82, 2.24) is 0 Å². The fraction of sp³-hybridized carbons (Fsp3) is 0.917. The van der Waals surface area contributed by atoms with Gasteiger partial charge in [0, 0.05) is 5.92 Å². The molecule has 166 valence electrons. The van der Waals surface area contributed by atoms with Crippen LogP contribution >= 0.6 is 0 Å². The van der Waals surface area contributed by atoms with Gasteiger partial charge in [0.15, 0.2) is 6.29 Å². The van der Waals surface area contributed by atoms with Crippen molar-refractivity contribution >= 4 is 0 Å². The van der Waals surface area contributed by atoms with E-state index in [2.05, 4.69) is 0 Å². The van der Waals surface area contributed by atoms with E-state index in [1.54, 1.807) is 0 Å². The molecule has 1 N–H and O–H groups in total. The van der Waals surface area contributed by atoms with Crippen LogP contribution in [-0.4, -0.2) is 30.7 Å². The van der Waals surface area contributed by atoms with Crippen molar-refractivity contribution in [1.29, 1.82) is 0 Å². The number of rotatable bonds is 4. The lowest BCUT2D eigenvalue weighted by molar-refractivity contribution is -0.242. The Bertz CT molecular complexity index is 518.